The van der Waals surface area contributed by atoms with Gasteiger partial charge in [0, 0.05) is 30.8 Å². The van der Waals surface area contributed by atoms with Crippen LogP contribution in [0.3, 0.4) is 0 Å². The Hall–Kier alpha value is -1.17. The van der Waals surface area contributed by atoms with Gasteiger partial charge in [-0.1, -0.05) is 22.9 Å². The van der Waals surface area contributed by atoms with Crippen molar-refractivity contribution < 1.29 is 0 Å². The number of nitrogens with zero attached hydrogens (tertiary/aromatic N) is 5. The zero-order valence-corrected chi connectivity index (χ0v) is 10.2. The molecule has 0 aliphatic heterocycles. The van der Waals surface area contributed by atoms with Crippen LogP contribution in [0.4, 0.5) is 5.82 Å². The van der Waals surface area contributed by atoms with E-state index in [2.05, 4.69) is 42.9 Å². The van der Waals surface area contributed by atoms with E-state index in [4.69, 9.17) is 0 Å². The van der Waals surface area contributed by atoms with Crippen LogP contribution in [-0.2, 0) is 0 Å². The van der Waals surface area contributed by atoms with Crippen molar-refractivity contribution in [3.8, 4) is 0 Å². The molecule has 6 heteroatoms. The van der Waals surface area contributed by atoms with E-state index in [0.717, 1.165) is 18.0 Å². The second-order valence-corrected chi connectivity index (χ2v) is 5.04. The van der Waals surface area contributed by atoms with Crippen molar-refractivity contribution >= 4 is 27.4 Å². The summed E-state index contributed by atoms with van der Waals surface area (Å²) in [6.07, 6.45) is 5.26. The molecule has 80 valence electrons. The third kappa shape index (κ3) is 2.09. The average molecular weight is 270 g/mol. The molecule has 0 radical (unpaired) electrons. The molecule has 0 bridgehead atoms. The molecule has 15 heavy (non-hydrogen) atoms. The molecular weight excluding hydrogens is 258 g/mol. The number of fused-ring (bicyclic) bond motifs is 1. The smallest absolute Gasteiger partial charge is 0.203 e. The largest absolute Gasteiger partial charge is 0.355 e. The standard InChI is InChI=1S/C9H12BrN5/c1-7(10)5-14(2)8-9-13-12-6-15(9)4-3-11-8/h3-4,6-7H,5H2,1-2H3. The number of alkyl halides is 1. The van der Waals surface area contributed by atoms with Crippen LogP contribution in [0.25, 0.3) is 5.65 Å². The van der Waals surface area contributed by atoms with Gasteiger partial charge in [-0.15, -0.1) is 10.2 Å². The van der Waals surface area contributed by atoms with Gasteiger partial charge >= 0.3 is 0 Å². The van der Waals surface area contributed by atoms with Gasteiger partial charge in [0.1, 0.15) is 6.33 Å². The summed E-state index contributed by atoms with van der Waals surface area (Å²) in [6.45, 7) is 2.97. The summed E-state index contributed by atoms with van der Waals surface area (Å²) in [4.78, 5) is 6.78. The van der Waals surface area contributed by atoms with Gasteiger partial charge in [-0.3, -0.25) is 4.40 Å². The Morgan fingerprint density at radius 2 is 2.40 bits per heavy atom. The van der Waals surface area contributed by atoms with E-state index in [1.165, 1.54) is 0 Å². The fourth-order valence-electron chi connectivity index (χ4n) is 1.48. The Morgan fingerprint density at radius 3 is 3.13 bits per heavy atom. The summed E-state index contributed by atoms with van der Waals surface area (Å²) >= 11 is 3.51. The summed E-state index contributed by atoms with van der Waals surface area (Å²) in [6, 6.07) is 0. The van der Waals surface area contributed by atoms with Gasteiger partial charge in [0.15, 0.2) is 5.82 Å². The lowest BCUT2D eigenvalue weighted by Gasteiger charge is -2.19. The van der Waals surface area contributed by atoms with Gasteiger partial charge < -0.3 is 4.90 Å². The fraction of sp³-hybridized carbons (Fsp3) is 0.444. The molecule has 0 N–H and O–H groups in total. The fourth-order valence-corrected chi connectivity index (χ4v) is 1.91. The van der Waals surface area contributed by atoms with E-state index in [-0.39, 0.29) is 0 Å². The van der Waals surface area contributed by atoms with Crippen LogP contribution in [0.2, 0.25) is 0 Å². The minimum atomic E-state index is 0.410. The molecule has 0 fully saturated rings. The molecular formula is C9H12BrN5. The Bertz CT molecular complexity index is 452. The molecule has 0 amide bonds. The van der Waals surface area contributed by atoms with E-state index in [1.807, 2.05) is 17.6 Å². The summed E-state index contributed by atoms with van der Waals surface area (Å²) in [5.74, 6) is 0.848. The van der Waals surface area contributed by atoms with Crippen molar-refractivity contribution in [3.63, 3.8) is 0 Å². The molecule has 0 saturated heterocycles. The van der Waals surface area contributed by atoms with Crippen molar-refractivity contribution in [3.05, 3.63) is 18.7 Å². The monoisotopic (exact) mass is 269 g/mol. The second kappa shape index (κ2) is 4.14. The molecule has 0 aromatic carbocycles. The number of anilines is 1. The number of hydrogen-bond donors (Lipinski definition) is 0. The minimum absolute atomic E-state index is 0.410. The van der Waals surface area contributed by atoms with Crippen molar-refractivity contribution in [2.45, 2.75) is 11.8 Å². The van der Waals surface area contributed by atoms with E-state index in [0.29, 0.717) is 4.83 Å². The first-order valence-electron chi connectivity index (χ1n) is 4.68. The Morgan fingerprint density at radius 1 is 1.60 bits per heavy atom. The maximum atomic E-state index is 4.31. The van der Waals surface area contributed by atoms with E-state index in [1.54, 1.807) is 12.5 Å². The first-order valence-corrected chi connectivity index (χ1v) is 5.59. The van der Waals surface area contributed by atoms with Crippen LogP contribution in [-0.4, -0.2) is 38.0 Å². The molecule has 0 spiro atoms. The minimum Gasteiger partial charge on any atom is -0.355 e. The van der Waals surface area contributed by atoms with Crippen molar-refractivity contribution in [2.75, 3.05) is 18.5 Å². The van der Waals surface area contributed by atoms with Crippen LogP contribution in [0.15, 0.2) is 18.7 Å². The molecule has 5 nitrogen and oxygen atoms in total. The third-order valence-corrected chi connectivity index (χ3v) is 2.37. The molecule has 2 rings (SSSR count). The molecule has 1 unspecified atom stereocenters. The predicted molar refractivity (Wildman–Crippen MR) is 62.4 cm³/mol. The Balaban J connectivity index is 2.38. The molecule has 1 atom stereocenters. The zero-order chi connectivity index (χ0) is 10.8. The van der Waals surface area contributed by atoms with Crippen LogP contribution in [0, 0.1) is 0 Å². The summed E-state index contributed by atoms with van der Waals surface area (Å²) in [7, 11) is 1.99. The lowest BCUT2D eigenvalue weighted by atomic mass is 10.4. The predicted octanol–water partition coefficient (Wildman–Crippen LogP) is 1.34. The highest BCUT2D eigenvalue weighted by Crippen LogP contribution is 2.15. The first-order chi connectivity index (χ1) is 7.18. The molecule has 0 aliphatic rings. The number of halogens is 1. The normalized spacial score (nSPS) is 13.0. The summed E-state index contributed by atoms with van der Waals surface area (Å²) in [5.41, 5.74) is 0.785. The molecule has 2 aromatic heterocycles. The molecule has 0 aliphatic carbocycles. The Kier molecular flexibility index (Phi) is 2.86. The highest BCUT2D eigenvalue weighted by molar-refractivity contribution is 9.09. The number of hydrogen-bond acceptors (Lipinski definition) is 4. The third-order valence-electron chi connectivity index (χ3n) is 2.08. The molecule has 0 saturated carbocycles. The molecule has 2 heterocycles. The summed E-state index contributed by atoms with van der Waals surface area (Å²) in [5, 5.41) is 7.90. The maximum Gasteiger partial charge on any atom is 0.203 e. The second-order valence-electron chi connectivity index (χ2n) is 3.47. The van der Waals surface area contributed by atoms with Gasteiger partial charge in [-0.25, -0.2) is 4.98 Å². The Labute approximate surface area is 96.3 Å². The van der Waals surface area contributed by atoms with Crippen LogP contribution < -0.4 is 4.90 Å². The van der Waals surface area contributed by atoms with Crippen molar-refractivity contribution in [2.24, 2.45) is 0 Å². The van der Waals surface area contributed by atoms with E-state index >= 15 is 0 Å². The van der Waals surface area contributed by atoms with Crippen LogP contribution in [0.1, 0.15) is 6.92 Å². The van der Waals surface area contributed by atoms with E-state index < -0.39 is 0 Å². The lowest BCUT2D eigenvalue weighted by Crippen LogP contribution is -2.25. The quantitative estimate of drug-likeness (QED) is 0.790. The van der Waals surface area contributed by atoms with Gasteiger partial charge in [0.25, 0.3) is 0 Å². The van der Waals surface area contributed by atoms with Gasteiger partial charge in [0.05, 0.1) is 0 Å². The zero-order valence-electron chi connectivity index (χ0n) is 8.63. The molecule has 2 aromatic rings. The van der Waals surface area contributed by atoms with Crippen LogP contribution in [0.5, 0.6) is 0 Å². The van der Waals surface area contributed by atoms with Crippen molar-refractivity contribution in [1.82, 2.24) is 19.6 Å². The first kappa shape index (κ1) is 10.4. The average Bonchev–Trinajstić information content (AvgIpc) is 2.63. The van der Waals surface area contributed by atoms with Gasteiger partial charge in [0.2, 0.25) is 5.65 Å². The highest BCUT2D eigenvalue weighted by atomic mass is 79.9. The SMILES string of the molecule is CC(Br)CN(C)c1nccn2cnnc12. The van der Waals surface area contributed by atoms with Crippen molar-refractivity contribution in [1.29, 1.82) is 0 Å². The maximum absolute atomic E-state index is 4.31. The van der Waals surface area contributed by atoms with Gasteiger partial charge in [-0.2, -0.15) is 0 Å². The van der Waals surface area contributed by atoms with Crippen LogP contribution >= 0.6 is 15.9 Å². The number of rotatable bonds is 3. The topological polar surface area (TPSA) is 46.3 Å². The van der Waals surface area contributed by atoms with Gasteiger partial charge in [-0.05, 0) is 0 Å². The highest BCUT2D eigenvalue weighted by Gasteiger charge is 2.11. The van der Waals surface area contributed by atoms with E-state index in [9.17, 15) is 0 Å². The summed E-state index contributed by atoms with van der Waals surface area (Å²) < 4.78 is 1.86. The lowest BCUT2D eigenvalue weighted by molar-refractivity contribution is 0.857. The number of aromatic nitrogens is 4.